The van der Waals surface area contributed by atoms with Crippen molar-refractivity contribution in [2.45, 2.75) is 11.7 Å². The number of para-hydroxylation sites is 2. The van der Waals surface area contributed by atoms with Crippen LogP contribution in [0.2, 0.25) is 5.02 Å². The summed E-state index contributed by atoms with van der Waals surface area (Å²) in [6.07, 6.45) is 0. The Morgan fingerprint density at radius 2 is 1.94 bits per heavy atom. The second-order valence-electron chi connectivity index (χ2n) is 6.77. The number of benzene rings is 3. The topological polar surface area (TPSA) is 56.1 Å². The number of amides is 1. The summed E-state index contributed by atoms with van der Waals surface area (Å²) < 4.78 is 20.5. The number of rotatable bonds is 7. The van der Waals surface area contributed by atoms with E-state index in [-0.39, 0.29) is 17.5 Å². The molecule has 0 atom stereocenters. The summed E-state index contributed by atoms with van der Waals surface area (Å²) >= 11 is 7.57. The number of hydrogen-bond acceptors (Lipinski definition) is 4. The van der Waals surface area contributed by atoms with Gasteiger partial charge in [-0.25, -0.2) is 9.37 Å². The van der Waals surface area contributed by atoms with Gasteiger partial charge in [0.25, 0.3) is 0 Å². The minimum absolute atomic E-state index is 0.145. The summed E-state index contributed by atoms with van der Waals surface area (Å²) in [6.45, 7) is 0.419. The Hall–Kier alpha value is -3.03. The molecular weight excluding hydrogens is 437 g/mol. The van der Waals surface area contributed by atoms with Gasteiger partial charge in [-0.2, -0.15) is 0 Å². The van der Waals surface area contributed by atoms with Gasteiger partial charge in [0.2, 0.25) is 5.91 Å². The zero-order chi connectivity index (χ0) is 21.8. The molecule has 0 aliphatic carbocycles. The number of carbonyl (C=O) groups is 1. The van der Waals surface area contributed by atoms with Crippen LogP contribution >= 0.6 is 23.4 Å². The van der Waals surface area contributed by atoms with Gasteiger partial charge < -0.3 is 14.6 Å². The molecular formula is C23H19ClFN3O2S. The first-order chi connectivity index (χ1) is 15.0. The molecule has 3 aromatic carbocycles. The van der Waals surface area contributed by atoms with Crippen LogP contribution in [0.5, 0.6) is 5.75 Å². The van der Waals surface area contributed by atoms with Crippen molar-refractivity contribution in [1.82, 2.24) is 9.55 Å². The van der Waals surface area contributed by atoms with Gasteiger partial charge in [-0.3, -0.25) is 4.79 Å². The van der Waals surface area contributed by atoms with E-state index >= 15 is 0 Å². The Balaban J connectivity index is 1.52. The molecule has 0 saturated heterocycles. The van der Waals surface area contributed by atoms with Crippen LogP contribution in [0, 0.1) is 5.82 Å². The molecule has 1 heterocycles. The van der Waals surface area contributed by atoms with Crippen LogP contribution in [-0.2, 0) is 11.3 Å². The Kier molecular flexibility index (Phi) is 6.44. The maximum Gasteiger partial charge on any atom is 0.234 e. The highest BCUT2D eigenvalue weighted by molar-refractivity contribution is 7.99. The van der Waals surface area contributed by atoms with Crippen molar-refractivity contribution in [3.8, 4) is 5.75 Å². The number of anilines is 1. The lowest BCUT2D eigenvalue weighted by molar-refractivity contribution is -0.113. The second-order valence-corrected chi connectivity index (χ2v) is 8.12. The number of ether oxygens (including phenoxy) is 1. The minimum atomic E-state index is -0.381. The quantitative estimate of drug-likeness (QED) is 0.368. The van der Waals surface area contributed by atoms with Crippen molar-refractivity contribution < 1.29 is 13.9 Å². The normalized spacial score (nSPS) is 10.9. The smallest absolute Gasteiger partial charge is 0.234 e. The van der Waals surface area contributed by atoms with Crippen LogP contribution < -0.4 is 10.1 Å². The molecule has 0 aliphatic rings. The number of halogens is 2. The molecule has 0 unspecified atom stereocenters. The van der Waals surface area contributed by atoms with Crippen molar-refractivity contribution in [2.24, 2.45) is 0 Å². The molecule has 5 nitrogen and oxygen atoms in total. The molecule has 0 bridgehead atoms. The van der Waals surface area contributed by atoms with E-state index in [2.05, 4.69) is 10.3 Å². The first-order valence-electron chi connectivity index (χ1n) is 9.49. The van der Waals surface area contributed by atoms with Crippen LogP contribution in [0.1, 0.15) is 5.56 Å². The molecule has 158 valence electrons. The zero-order valence-electron chi connectivity index (χ0n) is 16.6. The molecule has 0 radical (unpaired) electrons. The number of methoxy groups -OCH3 is 1. The molecule has 4 rings (SSSR count). The fourth-order valence-corrected chi connectivity index (χ4v) is 4.18. The number of nitrogens with one attached hydrogen (secondary N) is 1. The van der Waals surface area contributed by atoms with Gasteiger partial charge in [-0.05, 0) is 54.1 Å². The summed E-state index contributed by atoms with van der Waals surface area (Å²) in [5, 5.41) is 3.91. The number of fused-ring (bicyclic) bond motifs is 1. The lowest BCUT2D eigenvalue weighted by atomic mass is 10.2. The predicted molar refractivity (Wildman–Crippen MR) is 123 cm³/mol. The SMILES string of the molecule is COc1ccc(NC(=O)CSc2nc3ccccc3n2Cc2ccc(F)cc2Cl)cc1. The van der Waals surface area contributed by atoms with Crippen LogP contribution in [0.25, 0.3) is 11.0 Å². The van der Waals surface area contributed by atoms with Crippen LogP contribution in [-0.4, -0.2) is 28.3 Å². The second kappa shape index (κ2) is 9.41. The standard InChI is InChI=1S/C23H19ClFN3O2S/c1-30-18-10-8-17(9-11-18)26-22(29)14-31-23-27-20-4-2-3-5-21(20)28(23)13-15-6-7-16(25)12-19(15)24/h2-12H,13-14H2,1H3,(H,26,29). The third kappa shape index (κ3) is 5.00. The van der Waals surface area contributed by atoms with Gasteiger partial charge in [0.15, 0.2) is 5.16 Å². The van der Waals surface area contributed by atoms with Crippen LogP contribution in [0.15, 0.2) is 71.9 Å². The lowest BCUT2D eigenvalue weighted by Crippen LogP contribution is -2.14. The molecule has 0 aliphatic heterocycles. The molecule has 1 N–H and O–H groups in total. The maximum absolute atomic E-state index is 13.4. The van der Waals surface area contributed by atoms with Gasteiger partial charge in [-0.1, -0.05) is 41.6 Å². The number of thioether (sulfide) groups is 1. The fraction of sp³-hybridized carbons (Fsp3) is 0.130. The Morgan fingerprint density at radius 1 is 1.16 bits per heavy atom. The number of carbonyl (C=O) groups excluding carboxylic acids is 1. The highest BCUT2D eigenvalue weighted by Gasteiger charge is 2.15. The molecule has 0 saturated carbocycles. The van der Waals surface area contributed by atoms with Crippen molar-refractivity contribution in [1.29, 1.82) is 0 Å². The maximum atomic E-state index is 13.4. The van der Waals surface area contributed by atoms with Gasteiger partial charge in [0.1, 0.15) is 11.6 Å². The summed E-state index contributed by atoms with van der Waals surface area (Å²) in [6, 6.07) is 19.2. The molecule has 4 aromatic rings. The van der Waals surface area contributed by atoms with E-state index < -0.39 is 0 Å². The van der Waals surface area contributed by atoms with E-state index in [0.717, 1.165) is 22.3 Å². The number of hydrogen-bond donors (Lipinski definition) is 1. The molecule has 1 aromatic heterocycles. The van der Waals surface area contributed by atoms with Gasteiger partial charge >= 0.3 is 0 Å². The summed E-state index contributed by atoms with van der Waals surface area (Å²) in [5.41, 5.74) is 3.20. The number of imidazole rings is 1. The van der Waals surface area contributed by atoms with E-state index in [0.29, 0.717) is 22.4 Å². The predicted octanol–water partition coefficient (Wildman–Crippen LogP) is 5.62. The fourth-order valence-electron chi connectivity index (χ4n) is 3.14. The van der Waals surface area contributed by atoms with Gasteiger partial charge in [0, 0.05) is 10.7 Å². The van der Waals surface area contributed by atoms with Crippen LogP contribution in [0.3, 0.4) is 0 Å². The number of nitrogens with zero attached hydrogens (tertiary/aromatic N) is 2. The average molecular weight is 456 g/mol. The Morgan fingerprint density at radius 3 is 2.68 bits per heavy atom. The molecule has 0 spiro atoms. The monoisotopic (exact) mass is 455 g/mol. The summed E-state index contributed by atoms with van der Waals surface area (Å²) in [7, 11) is 1.59. The van der Waals surface area contributed by atoms with Crippen molar-refractivity contribution in [3.05, 3.63) is 83.1 Å². The lowest BCUT2D eigenvalue weighted by Gasteiger charge is -2.11. The van der Waals surface area contributed by atoms with Crippen molar-refractivity contribution >= 4 is 46.0 Å². The molecule has 8 heteroatoms. The molecule has 1 amide bonds. The van der Waals surface area contributed by atoms with E-state index in [4.69, 9.17) is 16.3 Å². The molecule has 0 fully saturated rings. The highest BCUT2D eigenvalue weighted by atomic mass is 35.5. The summed E-state index contributed by atoms with van der Waals surface area (Å²) in [4.78, 5) is 17.1. The Labute approximate surface area is 188 Å². The average Bonchev–Trinajstić information content (AvgIpc) is 3.12. The van der Waals surface area contributed by atoms with E-state index in [1.807, 2.05) is 28.8 Å². The van der Waals surface area contributed by atoms with Crippen molar-refractivity contribution in [3.63, 3.8) is 0 Å². The van der Waals surface area contributed by atoms with Gasteiger partial charge in [0.05, 0.1) is 30.4 Å². The van der Waals surface area contributed by atoms with E-state index in [1.54, 1.807) is 37.4 Å². The largest absolute Gasteiger partial charge is 0.497 e. The summed E-state index contributed by atoms with van der Waals surface area (Å²) in [5.74, 6) is 0.384. The zero-order valence-corrected chi connectivity index (χ0v) is 18.2. The van der Waals surface area contributed by atoms with E-state index in [9.17, 15) is 9.18 Å². The molecule has 31 heavy (non-hydrogen) atoms. The Bertz CT molecular complexity index is 1230. The first-order valence-corrected chi connectivity index (χ1v) is 10.9. The van der Waals surface area contributed by atoms with Crippen LogP contribution in [0.4, 0.5) is 10.1 Å². The number of aromatic nitrogens is 2. The van der Waals surface area contributed by atoms with Crippen molar-refractivity contribution in [2.75, 3.05) is 18.2 Å². The third-order valence-electron chi connectivity index (χ3n) is 4.67. The van der Waals surface area contributed by atoms with Gasteiger partial charge in [-0.15, -0.1) is 0 Å². The third-order valence-corrected chi connectivity index (χ3v) is 6.00. The first kappa shape index (κ1) is 21.2. The highest BCUT2D eigenvalue weighted by Crippen LogP contribution is 2.27. The minimum Gasteiger partial charge on any atom is -0.497 e. The van der Waals surface area contributed by atoms with E-state index in [1.165, 1.54) is 23.9 Å².